The second kappa shape index (κ2) is 5.73. The number of rotatable bonds is 2. The highest BCUT2D eigenvalue weighted by Crippen LogP contribution is 2.28. The van der Waals surface area contributed by atoms with Crippen molar-refractivity contribution in [2.45, 2.75) is 20.4 Å². The van der Waals surface area contributed by atoms with Crippen molar-refractivity contribution in [2.75, 3.05) is 6.61 Å². The summed E-state index contributed by atoms with van der Waals surface area (Å²) in [4.78, 5) is 29.6. The van der Waals surface area contributed by atoms with Crippen molar-refractivity contribution in [2.24, 2.45) is 0 Å². The van der Waals surface area contributed by atoms with Gasteiger partial charge in [0.15, 0.2) is 5.82 Å². The largest absolute Gasteiger partial charge is 0.462 e. The quantitative estimate of drug-likeness (QED) is 0.528. The number of nitrogens with zero attached hydrogens (tertiary/aromatic N) is 3. The molecule has 0 saturated heterocycles. The van der Waals surface area contributed by atoms with Gasteiger partial charge in [-0.2, -0.15) is 0 Å². The lowest BCUT2D eigenvalue weighted by molar-refractivity contribution is 0.0523. The summed E-state index contributed by atoms with van der Waals surface area (Å²) in [5.74, 6) is -0.130. The first kappa shape index (κ1) is 15.4. The van der Waals surface area contributed by atoms with Crippen LogP contribution >= 0.6 is 0 Å². The van der Waals surface area contributed by atoms with Gasteiger partial charge >= 0.3 is 5.97 Å². The Labute approximate surface area is 144 Å². The maximum absolute atomic E-state index is 13.1. The van der Waals surface area contributed by atoms with Crippen molar-refractivity contribution in [3.8, 4) is 17.2 Å². The van der Waals surface area contributed by atoms with Gasteiger partial charge < -0.3 is 9.30 Å². The average Bonchev–Trinajstić information content (AvgIpc) is 2.99. The number of hydrogen-bond donors (Lipinski definition) is 0. The van der Waals surface area contributed by atoms with Crippen molar-refractivity contribution >= 4 is 5.97 Å². The topological polar surface area (TPSA) is 66.1 Å². The molecule has 1 aliphatic heterocycles. The summed E-state index contributed by atoms with van der Waals surface area (Å²) in [7, 11) is 0. The average molecular weight is 335 g/mol. The summed E-state index contributed by atoms with van der Waals surface area (Å²) in [5.41, 5.74) is 3.22. The highest BCUT2D eigenvalue weighted by Gasteiger charge is 2.24. The first-order valence-corrected chi connectivity index (χ1v) is 8.14. The Kier molecular flexibility index (Phi) is 3.53. The van der Waals surface area contributed by atoms with Gasteiger partial charge in [-0.05, 0) is 37.6 Å². The van der Waals surface area contributed by atoms with E-state index in [1.165, 1.54) is 10.8 Å². The molecule has 1 aromatic carbocycles. The van der Waals surface area contributed by atoms with E-state index in [2.05, 4.69) is 11.1 Å². The number of benzene rings is 1. The van der Waals surface area contributed by atoms with E-state index < -0.39 is 11.5 Å². The molecule has 6 nitrogen and oxygen atoms in total. The zero-order valence-corrected chi connectivity index (χ0v) is 14.0. The second-order valence-corrected chi connectivity index (χ2v) is 6.01. The molecule has 0 fully saturated rings. The van der Waals surface area contributed by atoms with Crippen molar-refractivity contribution in [1.82, 2.24) is 14.1 Å². The number of aromatic nitrogens is 3. The number of carbonyl (C=O) groups excluding carboxylic acids is 1. The Morgan fingerprint density at radius 3 is 2.96 bits per heavy atom. The molecule has 2 aromatic heterocycles. The molecule has 6 heteroatoms. The summed E-state index contributed by atoms with van der Waals surface area (Å²) >= 11 is 0. The Morgan fingerprint density at radius 1 is 1.32 bits per heavy atom. The Morgan fingerprint density at radius 2 is 2.16 bits per heavy atom. The fraction of sp³-hybridized carbons (Fsp3) is 0.211. The summed E-state index contributed by atoms with van der Waals surface area (Å²) < 4.78 is 8.56. The number of esters is 1. The van der Waals surface area contributed by atoms with Gasteiger partial charge in [0.1, 0.15) is 5.56 Å². The monoisotopic (exact) mass is 335 g/mol. The maximum atomic E-state index is 13.1. The molecule has 3 heterocycles. The fourth-order valence-corrected chi connectivity index (χ4v) is 3.21. The van der Waals surface area contributed by atoms with Crippen LogP contribution in [0.2, 0.25) is 0 Å². The van der Waals surface area contributed by atoms with Gasteiger partial charge in [-0.15, -0.1) is 0 Å². The lowest BCUT2D eigenvalue weighted by Crippen LogP contribution is -2.28. The van der Waals surface area contributed by atoms with Crippen LogP contribution < -0.4 is 5.56 Å². The predicted molar refractivity (Wildman–Crippen MR) is 93.1 cm³/mol. The van der Waals surface area contributed by atoms with Gasteiger partial charge in [0, 0.05) is 18.9 Å². The van der Waals surface area contributed by atoms with Crippen molar-refractivity contribution in [3.05, 3.63) is 69.8 Å². The number of ether oxygens (including phenoxy) is 1. The maximum Gasteiger partial charge on any atom is 0.345 e. The molecule has 0 bridgehead atoms. The van der Waals surface area contributed by atoms with E-state index in [4.69, 9.17) is 4.74 Å². The van der Waals surface area contributed by atoms with E-state index in [1.807, 2.05) is 42.0 Å². The first-order valence-electron chi connectivity index (χ1n) is 8.14. The third-order valence-electron chi connectivity index (χ3n) is 4.33. The molecule has 25 heavy (non-hydrogen) atoms. The van der Waals surface area contributed by atoms with Crippen LogP contribution in [0.3, 0.4) is 0 Å². The first-order chi connectivity index (χ1) is 12.1. The molecule has 0 amide bonds. The SMILES string of the molecule is CCOC(=O)c1cnc2n(c1=O)-c1ccc(C)cc1Cn1cccc1-2. The van der Waals surface area contributed by atoms with Crippen LogP contribution in [0, 0.1) is 6.92 Å². The van der Waals surface area contributed by atoms with Crippen LogP contribution in [-0.4, -0.2) is 26.7 Å². The van der Waals surface area contributed by atoms with Gasteiger partial charge in [0.05, 0.1) is 18.0 Å². The van der Waals surface area contributed by atoms with E-state index in [0.29, 0.717) is 12.4 Å². The van der Waals surface area contributed by atoms with E-state index in [1.54, 1.807) is 6.92 Å². The van der Waals surface area contributed by atoms with Gasteiger partial charge in [0.25, 0.3) is 5.56 Å². The number of carbonyl (C=O) groups is 1. The molecule has 0 spiro atoms. The standard InChI is InChI=1S/C19H17N3O3/c1-3-25-19(24)14-10-20-17-16-5-4-8-21(16)11-13-9-12(2)6-7-15(13)22(17)18(14)23/h4-10H,3,11H2,1-2H3. The van der Waals surface area contributed by atoms with Crippen LogP contribution in [-0.2, 0) is 11.3 Å². The molecule has 0 saturated carbocycles. The smallest absolute Gasteiger partial charge is 0.345 e. The molecule has 4 rings (SSSR count). The zero-order valence-electron chi connectivity index (χ0n) is 14.0. The Bertz CT molecular complexity index is 1050. The molecule has 0 radical (unpaired) electrons. The highest BCUT2D eigenvalue weighted by atomic mass is 16.5. The van der Waals surface area contributed by atoms with Crippen molar-refractivity contribution in [3.63, 3.8) is 0 Å². The second-order valence-electron chi connectivity index (χ2n) is 6.01. The Balaban J connectivity index is 2.06. The minimum absolute atomic E-state index is 0.0582. The van der Waals surface area contributed by atoms with E-state index in [-0.39, 0.29) is 12.2 Å². The summed E-state index contributed by atoms with van der Waals surface area (Å²) in [6.45, 7) is 4.56. The number of aryl methyl sites for hydroxylation is 1. The Hall–Kier alpha value is -3.15. The highest BCUT2D eigenvalue weighted by molar-refractivity contribution is 5.89. The lowest BCUT2D eigenvalue weighted by atomic mass is 10.1. The van der Waals surface area contributed by atoms with Crippen LogP contribution in [0.1, 0.15) is 28.4 Å². The predicted octanol–water partition coefficient (Wildman–Crippen LogP) is 2.55. The molecule has 3 aromatic rings. The summed E-state index contributed by atoms with van der Waals surface area (Å²) in [5, 5.41) is 0. The third kappa shape index (κ3) is 2.38. The van der Waals surface area contributed by atoms with E-state index >= 15 is 0 Å². The molecule has 0 aliphatic carbocycles. The number of hydrogen-bond acceptors (Lipinski definition) is 4. The van der Waals surface area contributed by atoms with Gasteiger partial charge in [0.2, 0.25) is 0 Å². The van der Waals surface area contributed by atoms with Crippen LogP contribution in [0.4, 0.5) is 0 Å². The minimum Gasteiger partial charge on any atom is -0.462 e. The van der Waals surface area contributed by atoms with Gasteiger partial charge in [-0.25, -0.2) is 9.78 Å². The molecule has 1 aliphatic rings. The van der Waals surface area contributed by atoms with E-state index in [9.17, 15) is 9.59 Å². The normalized spacial score (nSPS) is 11.9. The lowest BCUT2D eigenvalue weighted by Gasteiger charge is -2.13. The van der Waals surface area contributed by atoms with Gasteiger partial charge in [-0.1, -0.05) is 17.7 Å². The summed E-state index contributed by atoms with van der Waals surface area (Å²) in [6, 6.07) is 9.75. The van der Waals surface area contributed by atoms with Crippen molar-refractivity contribution < 1.29 is 9.53 Å². The van der Waals surface area contributed by atoms with Crippen LogP contribution in [0.15, 0.2) is 47.5 Å². The molecule has 0 atom stereocenters. The molecular formula is C19H17N3O3. The molecular weight excluding hydrogens is 318 g/mol. The third-order valence-corrected chi connectivity index (χ3v) is 4.33. The van der Waals surface area contributed by atoms with E-state index in [0.717, 1.165) is 22.5 Å². The minimum atomic E-state index is -0.649. The fourth-order valence-electron chi connectivity index (χ4n) is 3.21. The van der Waals surface area contributed by atoms with Crippen LogP contribution in [0.5, 0.6) is 0 Å². The van der Waals surface area contributed by atoms with Gasteiger partial charge in [-0.3, -0.25) is 9.36 Å². The molecule has 0 unspecified atom stereocenters. The number of fused-ring (bicyclic) bond motifs is 5. The summed E-state index contributed by atoms with van der Waals surface area (Å²) in [6.07, 6.45) is 3.27. The van der Waals surface area contributed by atoms with Crippen molar-refractivity contribution in [1.29, 1.82) is 0 Å². The molecule has 126 valence electrons. The molecule has 0 N–H and O–H groups in total. The zero-order chi connectivity index (χ0) is 17.6. The van der Waals surface area contributed by atoms with Crippen LogP contribution in [0.25, 0.3) is 17.2 Å².